The van der Waals surface area contributed by atoms with Crippen LogP contribution < -0.4 is 10.6 Å². The lowest BCUT2D eigenvalue weighted by atomic mass is 10.0. The number of benzene rings is 2. The number of aryl methyl sites for hydroxylation is 1. The van der Waals surface area contributed by atoms with E-state index in [1.807, 2.05) is 43.3 Å². The van der Waals surface area contributed by atoms with Crippen LogP contribution >= 0.6 is 0 Å². The first-order valence-electron chi connectivity index (χ1n) is 9.20. The van der Waals surface area contributed by atoms with Gasteiger partial charge in [-0.15, -0.1) is 0 Å². The van der Waals surface area contributed by atoms with Gasteiger partial charge in [-0.05, 0) is 31.0 Å². The van der Waals surface area contributed by atoms with Crippen molar-refractivity contribution in [1.82, 2.24) is 20.2 Å². The van der Waals surface area contributed by atoms with Crippen LogP contribution in [-0.4, -0.2) is 22.1 Å². The number of hydrogen-bond donors (Lipinski definition) is 2. The molecule has 5 nitrogen and oxygen atoms in total. The zero-order valence-corrected chi connectivity index (χ0v) is 15.4. The summed E-state index contributed by atoms with van der Waals surface area (Å²) in [4.78, 5) is 16.9. The van der Waals surface area contributed by atoms with Gasteiger partial charge in [-0.3, -0.25) is 0 Å². The average molecular weight is 350 g/mol. The summed E-state index contributed by atoms with van der Waals surface area (Å²) in [6.45, 7) is 5.37. The topological polar surface area (TPSA) is 59.0 Å². The van der Waals surface area contributed by atoms with Crippen molar-refractivity contribution in [3.8, 4) is 0 Å². The number of urea groups is 1. The highest BCUT2D eigenvalue weighted by Crippen LogP contribution is 2.18. The molecule has 2 N–H and O–H groups in total. The molecule has 1 unspecified atom stereocenters. The van der Waals surface area contributed by atoms with Crippen LogP contribution in [0.4, 0.5) is 4.79 Å². The molecule has 0 aliphatic heterocycles. The number of imidazole rings is 1. The zero-order chi connectivity index (χ0) is 18.4. The van der Waals surface area contributed by atoms with Crippen LogP contribution in [0.5, 0.6) is 0 Å². The molecule has 1 aromatic heterocycles. The highest BCUT2D eigenvalue weighted by atomic mass is 16.2. The molecular formula is C21H26N4O. The Bertz CT molecular complexity index is 857. The summed E-state index contributed by atoms with van der Waals surface area (Å²) < 4.78 is 2.14. The molecule has 0 saturated carbocycles. The number of carbonyl (C=O) groups is 1. The van der Waals surface area contributed by atoms with Gasteiger partial charge < -0.3 is 15.2 Å². The summed E-state index contributed by atoms with van der Waals surface area (Å²) >= 11 is 0. The predicted molar refractivity (Wildman–Crippen MR) is 105 cm³/mol. The Balaban J connectivity index is 1.57. The second-order valence-electron chi connectivity index (χ2n) is 6.45. The van der Waals surface area contributed by atoms with Gasteiger partial charge in [0, 0.05) is 13.1 Å². The normalized spacial score (nSPS) is 12.1. The third kappa shape index (κ3) is 4.23. The largest absolute Gasteiger partial charge is 0.336 e. The Hall–Kier alpha value is -2.82. The molecule has 136 valence electrons. The number of rotatable bonds is 7. The summed E-state index contributed by atoms with van der Waals surface area (Å²) in [6.07, 6.45) is 1.93. The van der Waals surface area contributed by atoms with Crippen molar-refractivity contribution in [2.75, 3.05) is 6.54 Å². The Kier molecular flexibility index (Phi) is 5.89. The smallest absolute Gasteiger partial charge is 0.315 e. The van der Waals surface area contributed by atoms with E-state index >= 15 is 0 Å². The molecular weight excluding hydrogens is 324 g/mol. The number of fused-ring (bicyclic) bond motifs is 1. The molecule has 0 aliphatic rings. The Labute approximate surface area is 154 Å². The Morgan fingerprint density at radius 2 is 1.85 bits per heavy atom. The minimum atomic E-state index is -0.130. The van der Waals surface area contributed by atoms with E-state index in [4.69, 9.17) is 0 Å². The summed E-state index contributed by atoms with van der Waals surface area (Å²) in [7, 11) is 0. The van der Waals surface area contributed by atoms with Crippen LogP contribution in [0, 0.1) is 6.92 Å². The lowest BCUT2D eigenvalue weighted by molar-refractivity contribution is 0.236. The van der Waals surface area contributed by atoms with Crippen molar-refractivity contribution in [3.63, 3.8) is 0 Å². The van der Waals surface area contributed by atoms with Crippen LogP contribution in [0.2, 0.25) is 0 Å². The molecule has 3 aromatic rings. The molecule has 26 heavy (non-hydrogen) atoms. The van der Waals surface area contributed by atoms with Gasteiger partial charge in [0.1, 0.15) is 5.82 Å². The molecule has 0 fully saturated rings. The van der Waals surface area contributed by atoms with Crippen LogP contribution in [0.3, 0.4) is 0 Å². The molecule has 2 amide bonds. The number of carbonyl (C=O) groups excluding carboxylic acids is 1. The molecule has 1 atom stereocenters. The Morgan fingerprint density at radius 1 is 1.12 bits per heavy atom. The monoisotopic (exact) mass is 350 g/mol. The van der Waals surface area contributed by atoms with Crippen molar-refractivity contribution in [2.24, 2.45) is 0 Å². The van der Waals surface area contributed by atoms with Gasteiger partial charge in [-0.25, -0.2) is 9.78 Å². The van der Waals surface area contributed by atoms with E-state index in [1.54, 1.807) is 0 Å². The van der Waals surface area contributed by atoms with E-state index in [0.717, 1.165) is 35.3 Å². The molecule has 0 aliphatic carbocycles. The van der Waals surface area contributed by atoms with Gasteiger partial charge >= 0.3 is 6.03 Å². The molecule has 2 aromatic carbocycles. The maximum atomic E-state index is 12.3. The molecule has 0 spiro atoms. The van der Waals surface area contributed by atoms with Crippen molar-refractivity contribution in [1.29, 1.82) is 0 Å². The number of aromatic nitrogens is 2. The van der Waals surface area contributed by atoms with Crippen molar-refractivity contribution < 1.29 is 4.79 Å². The van der Waals surface area contributed by atoms with Crippen LogP contribution in [0.1, 0.15) is 37.2 Å². The molecule has 5 heteroatoms. The minimum Gasteiger partial charge on any atom is -0.336 e. The molecule has 0 bridgehead atoms. The maximum absolute atomic E-state index is 12.3. The van der Waals surface area contributed by atoms with Crippen LogP contribution in [-0.2, 0) is 6.54 Å². The van der Waals surface area contributed by atoms with E-state index in [1.165, 1.54) is 0 Å². The second-order valence-corrected chi connectivity index (χ2v) is 6.45. The highest BCUT2D eigenvalue weighted by Gasteiger charge is 2.13. The molecule has 3 rings (SSSR count). The van der Waals surface area contributed by atoms with Crippen molar-refractivity contribution >= 4 is 17.1 Å². The highest BCUT2D eigenvalue weighted by molar-refractivity contribution is 5.76. The third-order valence-corrected chi connectivity index (χ3v) is 4.55. The number of nitrogens with zero attached hydrogens (tertiary/aromatic N) is 2. The van der Waals surface area contributed by atoms with Crippen molar-refractivity contribution in [3.05, 3.63) is 66.0 Å². The fourth-order valence-corrected chi connectivity index (χ4v) is 3.26. The first-order chi connectivity index (χ1) is 12.7. The van der Waals surface area contributed by atoms with E-state index in [-0.39, 0.29) is 12.1 Å². The molecule has 0 radical (unpaired) electrons. The first-order valence-corrected chi connectivity index (χ1v) is 9.20. The fourth-order valence-electron chi connectivity index (χ4n) is 3.26. The molecule has 1 heterocycles. The van der Waals surface area contributed by atoms with E-state index in [9.17, 15) is 4.79 Å². The van der Waals surface area contributed by atoms with Gasteiger partial charge in [-0.2, -0.15) is 0 Å². The van der Waals surface area contributed by atoms with E-state index < -0.39 is 0 Å². The van der Waals surface area contributed by atoms with Crippen molar-refractivity contribution in [2.45, 2.75) is 39.3 Å². The molecule has 0 saturated heterocycles. The summed E-state index contributed by atoms with van der Waals surface area (Å²) in [5.41, 5.74) is 3.22. The first kappa shape index (κ1) is 18.0. The summed E-state index contributed by atoms with van der Waals surface area (Å²) in [6, 6.07) is 18.1. The number of para-hydroxylation sites is 2. The quantitative estimate of drug-likeness (QED) is 0.671. The minimum absolute atomic E-state index is 0.0389. The summed E-state index contributed by atoms with van der Waals surface area (Å²) in [5, 5.41) is 6.06. The van der Waals surface area contributed by atoms with Crippen LogP contribution in [0.25, 0.3) is 11.0 Å². The van der Waals surface area contributed by atoms with E-state index in [2.05, 4.69) is 45.3 Å². The summed E-state index contributed by atoms with van der Waals surface area (Å²) in [5.74, 6) is 0.960. The SMILES string of the molecule is CCCC(NC(=O)NCCn1c(C)nc2ccccc21)c1ccccc1. The third-order valence-electron chi connectivity index (χ3n) is 4.55. The number of amides is 2. The van der Waals surface area contributed by atoms with Gasteiger partial charge in [0.2, 0.25) is 0 Å². The van der Waals surface area contributed by atoms with Crippen LogP contribution in [0.15, 0.2) is 54.6 Å². The number of hydrogen-bond acceptors (Lipinski definition) is 2. The lowest BCUT2D eigenvalue weighted by Crippen LogP contribution is -2.39. The predicted octanol–water partition coefficient (Wildman–Crippen LogP) is 4.19. The standard InChI is InChI=1S/C21H26N4O/c1-3-9-18(17-10-5-4-6-11-17)24-21(26)22-14-15-25-16(2)23-19-12-7-8-13-20(19)25/h4-8,10-13,18H,3,9,14-15H2,1-2H3,(H2,22,24,26). The Morgan fingerprint density at radius 3 is 2.62 bits per heavy atom. The fraction of sp³-hybridized carbons (Fsp3) is 0.333. The maximum Gasteiger partial charge on any atom is 0.315 e. The van der Waals surface area contributed by atoms with E-state index in [0.29, 0.717) is 13.1 Å². The van der Waals surface area contributed by atoms with Gasteiger partial charge in [0.05, 0.1) is 17.1 Å². The zero-order valence-electron chi connectivity index (χ0n) is 15.4. The van der Waals surface area contributed by atoms with Gasteiger partial charge in [0.25, 0.3) is 0 Å². The van der Waals surface area contributed by atoms with Gasteiger partial charge in [0.15, 0.2) is 0 Å². The number of nitrogens with one attached hydrogen (secondary N) is 2. The average Bonchev–Trinajstić information content (AvgIpc) is 2.98. The lowest BCUT2D eigenvalue weighted by Gasteiger charge is -2.19. The van der Waals surface area contributed by atoms with Gasteiger partial charge in [-0.1, -0.05) is 55.8 Å². The second kappa shape index (κ2) is 8.52.